The van der Waals surface area contributed by atoms with Gasteiger partial charge in [-0.15, -0.1) is 0 Å². The zero-order valence-electron chi connectivity index (χ0n) is 5.11. The Morgan fingerprint density at radius 2 is 1.90 bits per heavy atom. The van der Waals surface area contributed by atoms with Crippen molar-refractivity contribution >= 4 is 0 Å². The van der Waals surface area contributed by atoms with Crippen LogP contribution < -0.4 is 0 Å². The van der Waals surface area contributed by atoms with E-state index in [0.717, 1.165) is 0 Å². The number of phenolic OH excluding ortho intramolecular Hbond substituents is 1. The molecule has 0 aliphatic carbocycles. The monoisotopic (exact) mass is 135 g/mol. The van der Waals surface area contributed by atoms with Gasteiger partial charge in [-0.1, -0.05) is 0 Å². The molecule has 0 saturated carbocycles. The highest BCUT2D eigenvalue weighted by molar-refractivity contribution is 5.35. The molecule has 0 aliphatic rings. The van der Waals surface area contributed by atoms with Gasteiger partial charge in [-0.3, -0.25) is 0 Å². The Morgan fingerprint density at radius 3 is 2.40 bits per heavy atom. The smallest absolute Gasteiger partial charge is 0.336 e. The van der Waals surface area contributed by atoms with Crippen molar-refractivity contribution in [1.29, 1.82) is 0 Å². The third kappa shape index (κ3) is 1.39. The van der Waals surface area contributed by atoms with E-state index in [1.807, 2.05) is 0 Å². The van der Waals surface area contributed by atoms with Gasteiger partial charge in [0.2, 0.25) is 0 Å². The zero-order chi connectivity index (χ0) is 7.40. The molecular formula is C7H5NO2. The molecule has 0 spiro atoms. The van der Waals surface area contributed by atoms with Crippen LogP contribution in [0.1, 0.15) is 5.56 Å². The molecule has 1 N–H and O–H groups in total. The number of benzene rings is 1. The standard InChI is InChI=1S/C7H5NO2/c9-7-3-1-6(2-4-7)5-8-10/h1-4,9H. The number of hydrogen-bond acceptors (Lipinski definition) is 2. The molecule has 0 unspecified atom stereocenters. The van der Waals surface area contributed by atoms with Gasteiger partial charge in [0, 0.05) is 5.01 Å². The molecule has 0 bridgehead atoms. The fourth-order valence-corrected chi connectivity index (χ4v) is 0.589. The molecule has 10 heavy (non-hydrogen) atoms. The Balaban J connectivity index is 2.97. The summed E-state index contributed by atoms with van der Waals surface area (Å²) in [5, 5.41) is 20.9. The van der Waals surface area contributed by atoms with Crippen molar-refractivity contribution in [2.45, 2.75) is 0 Å². The Kier molecular flexibility index (Phi) is 1.76. The first-order valence-electron chi connectivity index (χ1n) is 2.70. The lowest BCUT2D eigenvalue weighted by Crippen LogP contribution is -1.69. The maximum Gasteiger partial charge on any atom is 0.336 e. The van der Waals surface area contributed by atoms with Crippen molar-refractivity contribution in [3.63, 3.8) is 0 Å². The lowest BCUT2D eigenvalue weighted by Gasteiger charge is -1.85. The van der Waals surface area contributed by atoms with Crippen LogP contribution in [0.25, 0.3) is 5.01 Å². The number of phenols is 1. The second-order valence-corrected chi connectivity index (χ2v) is 1.75. The minimum Gasteiger partial charge on any atom is -0.508 e. The molecule has 0 heterocycles. The molecule has 0 amide bonds. The summed E-state index contributed by atoms with van der Waals surface area (Å²) in [4.78, 5) is 0. The summed E-state index contributed by atoms with van der Waals surface area (Å²) >= 11 is 0. The highest BCUT2D eigenvalue weighted by atomic mass is 16.4. The van der Waals surface area contributed by atoms with Crippen LogP contribution in [0.2, 0.25) is 0 Å². The molecule has 3 nitrogen and oxygen atoms in total. The quantitative estimate of drug-likeness (QED) is 0.549. The van der Waals surface area contributed by atoms with Crippen molar-refractivity contribution in [2.75, 3.05) is 0 Å². The number of nitrogens with zero attached hydrogens (tertiary/aromatic N) is 1. The molecule has 50 valence electrons. The van der Waals surface area contributed by atoms with Gasteiger partial charge in [0.15, 0.2) is 0 Å². The first kappa shape index (κ1) is 6.43. The molecule has 0 aromatic heterocycles. The Hall–Kier alpha value is -1.69. The molecule has 3 heteroatoms. The van der Waals surface area contributed by atoms with Crippen molar-refractivity contribution in [3.05, 3.63) is 40.0 Å². The van der Waals surface area contributed by atoms with Gasteiger partial charge < -0.3 is 10.3 Å². The lowest BCUT2D eigenvalue weighted by atomic mass is 10.2. The van der Waals surface area contributed by atoms with Crippen molar-refractivity contribution in [1.82, 2.24) is 0 Å². The topological polar surface area (TPSA) is 47.6 Å². The van der Waals surface area contributed by atoms with E-state index >= 15 is 0 Å². The number of rotatable bonds is 0. The SMILES string of the molecule is [O-][N+]#Cc1ccc(O)cc1. The molecule has 0 radical (unpaired) electrons. The van der Waals surface area contributed by atoms with E-state index in [2.05, 4.69) is 11.1 Å². The normalized spacial score (nSPS) is 8.00. The lowest BCUT2D eigenvalue weighted by molar-refractivity contribution is 0.475. The molecular weight excluding hydrogens is 130 g/mol. The number of hydrogen-bond donors (Lipinski definition) is 1. The maximum atomic E-state index is 9.64. The van der Waals surface area contributed by atoms with Gasteiger partial charge in [0.05, 0.1) is 0 Å². The minimum absolute atomic E-state index is 0.163. The Labute approximate surface area is 57.9 Å². The summed E-state index contributed by atoms with van der Waals surface area (Å²) in [6.07, 6.45) is 0. The molecule has 0 saturated heterocycles. The third-order valence-corrected chi connectivity index (χ3v) is 1.04. The summed E-state index contributed by atoms with van der Waals surface area (Å²) in [5.74, 6) is 0.163. The molecule has 1 aromatic rings. The van der Waals surface area contributed by atoms with Crippen LogP contribution in [0.3, 0.4) is 0 Å². The van der Waals surface area contributed by atoms with E-state index in [1.54, 1.807) is 12.1 Å². The van der Waals surface area contributed by atoms with Gasteiger partial charge in [0.1, 0.15) is 11.3 Å². The van der Waals surface area contributed by atoms with Crippen molar-refractivity contribution in [3.8, 4) is 11.8 Å². The van der Waals surface area contributed by atoms with Crippen LogP contribution in [-0.4, -0.2) is 5.11 Å². The van der Waals surface area contributed by atoms with Crippen LogP contribution >= 0.6 is 0 Å². The number of aromatic hydroxyl groups is 1. The predicted octanol–water partition coefficient (Wildman–Crippen LogP) is 1.57. The van der Waals surface area contributed by atoms with Gasteiger partial charge >= 0.3 is 6.07 Å². The largest absolute Gasteiger partial charge is 0.508 e. The third-order valence-electron chi connectivity index (χ3n) is 1.04. The van der Waals surface area contributed by atoms with Gasteiger partial charge in [0.25, 0.3) is 0 Å². The van der Waals surface area contributed by atoms with Crippen molar-refractivity contribution < 1.29 is 5.11 Å². The van der Waals surface area contributed by atoms with E-state index in [0.29, 0.717) is 5.56 Å². The van der Waals surface area contributed by atoms with Gasteiger partial charge in [-0.25, -0.2) is 0 Å². The van der Waals surface area contributed by atoms with Crippen LogP contribution in [0.5, 0.6) is 5.75 Å². The first-order chi connectivity index (χ1) is 4.83. The van der Waals surface area contributed by atoms with Gasteiger partial charge in [-0.05, 0) is 24.3 Å². The van der Waals surface area contributed by atoms with Crippen LogP contribution in [0, 0.1) is 11.3 Å². The highest BCUT2D eigenvalue weighted by Gasteiger charge is 1.91. The zero-order valence-corrected chi connectivity index (χ0v) is 5.11. The summed E-state index contributed by atoms with van der Waals surface area (Å²) in [6.45, 7) is 0. The Morgan fingerprint density at radius 1 is 1.30 bits per heavy atom. The molecule has 0 aliphatic heterocycles. The Bertz CT molecular complexity index is 268. The second-order valence-electron chi connectivity index (χ2n) is 1.75. The average Bonchev–Trinajstić information content (AvgIpc) is 1.95. The maximum absolute atomic E-state index is 9.64. The molecule has 1 aromatic carbocycles. The van der Waals surface area contributed by atoms with Crippen LogP contribution in [0.4, 0.5) is 0 Å². The van der Waals surface area contributed by atoms with Crippen molar-refractivity contribution in [2.24, 2.45) is 0 Å². The van der Waals surface area contributed by atoms with E-state index in [9.17, 15) is 5.21 Å². The fraction of sp³-hybridized carbons (Fsp3) is 0. The summed E-state index contributed by atoms with van der Waals surface area (Å²) < 4.78 is 0. The average molecular weight is 135 g/mol. The van der Waals surface area contributed by atoms with E-state index < -0.39 is 0 Å². The fourth-order valence-electron chi connectivity index (χ4n) is 0.589. The second kappa shape index (κ2) is 2.74. The summed E-state index contributed by atoms with van der Waals surface area (Å²) in [5.41, 5.74) is 0.563. The van der Waals surface area contributed by atoms with E-state index in [1.165, 1.54) is 12.1 Å². The van der Waals surface area contributed by atoms with E-state index in [4.69, 9.17) is 5.11 Å². The predicted molar refractivity (Wildman–Crippen MR) is 37.8 cm³/mol. The molecule has 0 fully saturated rings. The highest BCUT2D eigenvalue weighted by Crippen LogP contribution is 2.08. The summed E-state index contributed by atoms with van der Waals surface area (Å²) in [6, 6.07) is 8.23. The first-order valence-corrected chi connectivity index (χ1v) is 2.70. The van der Waals surface area contributed by atoms with Crippen LogP contribution in [-0.2, 0) is 0 Å². The van der Waals surface area contributed by atoms with Crippen LogP contribution in [0.15, 0.2) is 24.3 Å². The molecule has 1 rings (SSSR count). The van der Waals surface area contributed by atoms with Gasteiger partial charge in [-0.2, -0.15) is 0 Å². The minimum atomic E-state index is 0.163. The van der Waals surface area contributed by atoms with E-state index in [-0.39, 0.29) is 5.75 Å². The summed E-state index contributed by atoms with van der Waals surface area (Å²) in [7, 11) is 0. The molecule has 0 atom stereocenters.